The van der Waals surface area contributed by atoms with Gasteiger partial charge in [-0.3, -0.25) is 4.98 Å². The van der Waals surface area contributed by atoms with Crippen LogP contribution in [0.25, 0.3) is 77.4 Å². The zero-order chi connectivity index (χ0) is 29.0. The number of rotatable bonds is 4. The van der Waals surface area contributed by atoms with E-state index >= 15 is 0 Å². The second-order valence-corrected chi connectivity index (χ2v) is 11.1. The SMILES string of the molecule is c1ccc(-n2c3ccccc3c3ccc(-c4ccc5nn(-c6ccc(-c7cnc8ccccc8c7)cc6)nc5c4)cc32)cc1. The molecule has 0 aliphatic carbocycles. The fourth-order valence-electron chi connectivity index (χ4n) is 6.23. The quantitative estimate of drug-likeness (QED) is 0.214. The van der Waals surface area contributed by atoms with Crippen LogP contribution in [-0.2, 0) is 0 Å². The Morgan fingerprint density at radius 2 is 1.11 bits per heavy atom. The Morgan fingerprint density at radius 3 is 2.02 bits per heavy atom. The fourth-order valence-corrected chi connectivity index (χ4v) is 6.23. The van der Waals surface area contributed by atoms with Crippen LogP contribution in [0.4, 0.5) is 0 Å². The predicted molar refractivity (Wildman–Crippen MR) is 179 cm³/mol. The molecule has 0 spiro atoms. The van der Waals surface area contributed by atoms with Gasteiger partial charge in [0.1, 0.15) is 11.0 Å². The van der Waals surface area contributed by atoms with Gasteiger partial charge < -0.3 is 4.57 Å². The normalized spacial score (nSPS) is 11.6. The molecule has 0 amide bonds. The Morgan fingerprint density at radius 1 is 0.409 bits per heavy atom. The summed E-state index contributed by atoms with van der Waals surface area (Å²) in [6, 6.07) is 50.9. The number of aromatic nitrogens is 5. The van der Waals surface area contributed by atoms with E-state index in [1.165, 1.54) is 21.8 Å². The van der Waals surface area contributed by atoms with Crippen molar-refractivity contribution in [2.75, 3.05) is 0 Å². The molecule has 0 N–H and O–H groups in total. The van der Waals surface area contributed by atoms with Crippen LogP contribution in [0.2, 0.25) is 0 Å². The molecule has 0 saturated heterocycles. The van der Waals surface area contributed by atoms with Gasteiger partial charge in [-0.1, -0.05) is 84.9 Å². The third-order valence-corrected chi connectivity index (χ3v) is 8.42. The highest BCUT2D eigenvalue weighted by molar-refractivity contribution is 6.10. The highest BCUT2D eigenvalue weighted by Crippen LogP contribution is 2.35. The standard InChI is InChI=1S/C39H25N5/c1-2-9-31(10-3-1)43-38-13-7-5-11-33(38)34-20-16-28(24-39(34)43)27-17-21-36-37(23-27)42-44(41-36)32-18-14-26(15-19-32)30-22-29-8-4-6-12-35(29)40-25-30/h1-25H. The number of pyridine rings is 1. The summed E-state index contributed by atoms with van der Waals surface area (Å²) in [5.41, 5.74) is 11.6. The summed E-state index contributed by atoms with van der Waals surface area (Å²) in [6.45, 7) is 0. The van der Waals surface area contributed by atoms with E-state index in [4.69, 9.17) is 10.2 Å². The fraction of sp³-hybridized carbons (Fsp3) is 0. The van der Waals surface area contributed by atoms with Crippen molar-refractivity contribution in [3.05, 3.63) is 152 Å². The maximum Gasteiger partial charge on any atom is 0.114 e. The Hall–Kier alpha value is -6.07. The van der Waals surface area contributed by atoms with Gasteiger partial charge in [-0.15, -0.1) is 10.2 Å². The van der Waals surface area contributed by atoms with Gasteiger partial charge >= 0.3 is 0 Å². The monoisotopic (exact) mass is 563 g/mol. The molecule has 0 radical (unpaired) electrons. The third kappa shape index (κ3) is 3.98. The minimum atomic E-state index is 0.856. The average Bonchev–Trinajstić information content (AvgIpc) is 3.67. The summed E-state index contributed by atoms with van der Waals surface area (Å²) >= 11 is 0. The van der Waals surface area contributed by atoms with Crippen molar-refractivity contribution in [1.82, 2.24) is 24.5 Å². The second-order valence-electron chi connectivity index (χ2n) is 11.1. The van der Waals surface area contributed by atoms with Crippen LogP contribution in [0.1, 0.15) is 0 Å². The van der Waals surface area contributed by atoms with Crippen LogP contribution in [0.5, 0.6) is 0 Å². The maximum atomic E-state index is 4.86. The molecule has 6 aromatic carbocycles. The molecule has 5 nitrogen and oxygen atoms in total. The summed E-state index contributed by atoms with van der Waals surface area (Å²) < 4.78 is 2.35. The molecular weight excluding hydrogens is 538 g/mol. The Labute approximate surface area is 253 Å². The lowest BCUT2D eigenvalue weighted by Crippen LogP contribution is -1.98. The molecule has 0 saturated carbocycles. The topological polar surface area (TPSA) is 48.5 Å². The highest BCUT2D eigenvalue weighted by Gasteiger charge is 2.14. The zero-order valence-electron chi connectivity index (χ0n) is 23.7. The van der Waals surface area contributed by atoms with Crippen LogP contribution in [0.15, 0.2) is 152 Å². The molecular formula is C39H25N5. The van der Waals surface area contributed by atoms with Gasteiger partial charge in [0.25, 0.3) is 0 Å². The average molecular weight is 564 g/mol. The summed E-state index contributed by atoms with van der Waals surface area (Å²) in [7, 11) is 0. The Kier molecular flexibility index (Phi) is 5.43. The molecule has 0 aliphatic rings. The zero-order valence-corrected chi connectivity index (χ0v) is 23.7. The maximum absolute atomic E-state index is 4.86. The van der Waals surface area contributed by atoms with Crippen molar-refractivity contribution in [2.45, 2.75) is 0 Å². The van der Waals surface area contributed by atoms with E-state index in [1.807, 2.05) is 24.4 Å². The molecule has 0 unspecified atom stereocenters. The van der Waals surface area contributed by atoms with Crippen molar-refractivity contribution >= 4 is 43.7 Å². The van der Waals surface area contributed by atoms with Gasteiger partial charge in [0, 0.05) is 33.6 Å². The number of fused-ring (bicyclic) bond motifs is 5. The number of para-hydroxylation sites is 3. The van der Waals surface area contributed by atoms with E-state index in [-0.39, 0.29) is 0 Å². The molecule has 0 atom stereocenters. The van der Waals surface area contributed by atoms with Gasteiger partial charge in [-0.2, -0.15) is 4.80 Å². The van der Waals surface area contributed by atoms with E-state index < -0.39 is 0 Å². The smallest absolute Gasteiger partial charge is 0.114 e. The summed E-state index contributed by atoms with van der Waals surface area (Å²) in [6.07, 6.45) is 1.93. The van der Waals surface area contributed by atoms with Gasteiger partial charge in [0.05, 0.1) is 22.2 Å². The van der Waals surface area contributed by atoms with Crippen LogP contribution in [0, 0.1) is 0 Å². The Balaban J connectivity index is 1.08. The van der Waals surface area contributed by atoms with Crippen LogP contribution < -0.4 is 0 Å². The van der Waals surface area contributed by atoms with E-state index in [0.717, 1.165) is 55.6 Å². The first-order valence-electron chi connectivity index (χ1n) is 14.7. The first-order valence-corrected chi connectivity index (χ1v) is 14.7. The molecule has 206 valence electrons. The van der Waals surface area contributed by atoms with E-state index in [9.17, 15) is 0 Å². The first-order chi connectivity index (χ1) is 21.8. The molecule has 3 heterocycles. The lowest BCUT2D eigenvalue weighted by molar-refractivity contribution is 0.766. The van der Waals surface area contributed by atoms with Gasteiger partial charge in [-0.25, -0.2) is 0 Å². The molecule has 5 heteroatoms. The molecule has 44 heavy (non-hydrogen) atoms. The minimum Gasteiger partial charge on any atom is -0.309 e. The predicted octanol–water partition coefficient (Wildman–Crippen LogP) is 9.40. The second kappa shape index (κ2) is 9.75. The first kappa shape index (κ1) is 24.5. The van der Waals surface area contributed by atoms with Crippen molar-refractivity contribution in [1.29, 1.82) is 0 Å². The summed E-state index contributed by atoms with van der Waals surface area (Å²) in [4.78, 5) is 6.33. The molecule has 9 aromatic rings. The largest absolute Gasteiger partial charge is 0.309 e. The van der Waals surface area contributed by atoms with Crippen LogP contribution in [-0.4, -0.2) is 24.5 Å². The lowest BCUT2D eigenvalue weighted by Gasteiger charge is -2.09. The van der Waals surface area contributed by atoms with Crippen LogP contribution >= 0.6 is 0 Å². The van der Waals surface area contributed by atoms with Gasteiger partial charge in [0.2, 0.25) is 0 Å². The van der Waals surface area contributed by atoms with Gasteiger partial charge in [-0.05, 0) is 77.4 Å². The summed E-state index contributed by atoms with van der Waals surface area (Å²) in [5, 5.41) is 13.3. The molecule has 0 bridgehead atoms. The highest BCUT2D eigenvalue weighted by atomic mass is 15.5. The van der Waals surface area contributed by atoms with Crippen molar-refractivity contribution in [3.63, 3.8) is 0 Å². The Bertz CT molecular complexity index is 2490. The van der Waals surface area contributed by atoms with Gasteiger partial charge in [0.15, 0.2) is 0 Å². The van der Waals surface area contributed by atoms with Crippen molar-refractivity contribution in [2.24, 2.45) is 0 Å². The number of hydrogen-bond acceptors (Lipinski definition) is 3. The number of nitrogens with zero attached hydrogens (tertiary/aromatic N) is 5. The van der Waals surface area contributed by atoms with Crippen molar-refractivity contribution in [3.8, 4) is 33.6 Å². The lowest BCUT2D eigenvalue weighted by atomic mass is 10.0. The third-order valence-electron chi connectivity index (χ3n) is 8.42. The number of hydrogen-bond donors (Lipinski definition) is 0. The van der Waals surface area contributed by atoms with Crippen LogP contribution in [0.3, 0.4) is 0 Å². The summed E-state index contributed by atoms with van der Waals surface area (Å²) in [5.74, 6) is 0. The molecule has 9 rings (SSSR count). The number of benzene rings is 6. The van der Waals surface area contributed by atoms with E-state index in [2.05, 4.69) is 137 Å². The molecule has 0 fully saturated rings. The minimum absolute atomic E-state index is 0.856. The van der Waals surface area contributed by atoms with Crippen molar-refractivity contribution < 1.29 is 0 Å². The molecule has 3 aromatic heterocycles. The van der Waals surface area contributed by atoms with E-state index in [0.29, 0.717) is 0 Å². The van der Waals surface area contributed by atoms with E-state index in [1.54, 1.807) is 4.80 Å². The molecule has 0 aliphatic heterocycles.